The van der Waals surface area contributed by atoms with Crippen molar-refractivity contribution >= 4 is 11.4 Å². The first-order chi connectivity index (χ1) is 14.0. The number of aromatic nitrogens is 4. The second-order valence-corrected chi connectivity index (χ2v) is 8.32. The van der Waals surface area contributed by atoms with Gasteiger partial charge in [-0.05, 0) is 11.0 Å². The van der Waals surface area contributed by atoms with E-state index in [0.29, 0.717) is 41.5 Å². The average molecular weight is 385 g/mol. The summed E-state index contributed by atoms with van der Waals surface area (Å²) >= 11 is 0. The molecule has 3 heterocycles. The van der Waals surface area contributed by atoms with Crippen LogP contribution >= 0.6 is 0 Å². The maximum atomic E-state index is 13.2. The van der Waals surface area contributed by atoms with Gasteiger partial charge in [0.05, 0.1) is 18.1 Å². The molecule has 1 unspecified atom stereocenters. The molecule has 7 nitrogen and oxygen atoms in total. The number of nitriles is 1. The van der Waals surface area contributed by atoms with Crippen molar-refractivity contribution in [1.82, 2.24) is 19.6 Å². The quantitative estimate of drug-likeness (QED) is 0.671. The number of ether oxygens (including phenoxy) is 1. The summed E-state index contributed by atoms with van der Waals surface area (Å²) < 4.78 is 7.74. The van der Waals surface area contributed by atoms with E-state index in [1.165, 1.54) is 0 Å². The van der Waals surface area contributed by atoms with Crippen molar-refractivity contribution < 1.29 is 9.53 Å². The lowest BCUT2D eigenvalue weighted by Crippen LogP contribution is -2.33. The predicted molar refractivity (Wildman–Crippen MR) is 104 cm³/mol. The van der Waals surface area contributed by atoms with Crippen LogP contribution in [0.25, 0.3) is 5.65 Å². The predicted octanol–water partition coefficient (Wildman–Crippen LogP) is 3.36. The highest BCUT2D eigenvalue weighted by molar-refractivity contribution is 6.00. The molecule has 29 heavy (non-hydrogen) atoms. The van der Waals surface area contributed by atoms with Crippen molar-refractivity contribution in [2.24, 2.45) is 5.41 Å². The Morgan fingerprint density at radius 3 is 2.83 bits per heavy atom. The fourth-order valence-corrected chi connectivity index (χ4v) is 4.31. The van der Waals surface area contributed by atoms with Gasteiger partial charge in [0, 0.05) is 24.3 Å². The number of rotatable bonds is 2. The number of nitrogens with zero attached hydrogens (tertiary/aromatic N) is 5. The van der Waals surface area contributed by atoms with Gasteiger partial charge in [0.15, 0.2) is 17.3 Å². The van der Waals surface area contributed by atoms with Crippen molar-refractivity contribution in [3.8, 4) is 11.9 Å². The monoisotopic (exact) mass is 385 g/mol. The lowest BCUT2D eigenvalue weighted by molar-refractivity contribution is -0.118. The third-order valence-corrected chi connectivity index (χ3v) is 5.48. The lowest BCUT2D eigenvalue weighted by Gasteiger charge is -2.37. The van der Waals surface area contributed by atoms with E-state index < -0.39 is 0 Å². The van der Waals surface area contributed by atoms with E-state index in [9.17, 15) is 4.79 Å². The molecule has 0 N–H and O–H groups in total. The largest absolute Gasteiger partial charge is 0.442 e. The van der Waals surface area contributed by atoms with Gasteiger partial charge in [0.1, 0.15) is 12.1 Å². The first-order valence-electron chi connectivity index (χ1n) is 9.57. The Balaban J connectivity index is 1.79. The third kappa shape index (κ3) is 2.80. The molecule has 1 aromatic carbocycles. The van der Waals surface area contributed by atoms with Crippen molar-refractivity contribution in [3.05, 3.63) is 64.9 Å². The van der Waals surface area contributed by atoms with Crippen molar-refractivity contribution in [2.45, 2.75) is 39.0 Å². The molecule has 0 saturated carbocycles. The van der Waals surface area contributed by atoms with Gasteiger partial charge in [-0.1, -0.05) is 44.2 Å². The third-order valence-electron chi connectivity index (χ3n) is 5.48. The minimum Gasteiger partial charge on any atom is -0.442 e. The molecule has 0 fully saturated rings. The molecule has 0 amide bonds. The zero-order valence-corrected chi connectivity index (χ0v) is 16.2. The van der Waals surface area contributed by atoms with Crippen LogP contribution in [0.3, 0.4) is 0 Å². The van der Waals surface area contributed by atoms with Gasteiger partial charge in [-0.3, -0.25) is 4.79 Å². The summed E-state index contributed by atoms with van der Waals surface area (Å²) in [5.74, 6) is 1.33. The molecule has 5 rings (SSSR count). The van der Waals surface area contributed by atoms with Crippen LogP contribution in [0.5, 0.6) is 5.88 Å². The van der Waals surface area contributed by atoms with Gasteiger partial charge in [0.25, 0.3) is 0 Å². The number of allylic oxidation sites excluding steroid dienone is 2. The lowest BCUT2D eigenvalue weighted by atomic mass is 9.70. The highest BCUT2D eigenvalue weighted by Gasteiger charge is 2.43. The number of hydrogen-bond donors (Lipinski definition) is 0. The first kappa shape index (κ1) is 17.6. The maximum Gasteiger partial charge on any atom is 0.228 e. The minimum atomic E-state index is -0.325. The van der Waals surface area contributed by atoms with E-state index in [2.05, 4.69) is 35.0 Å². The molecule has 7 heteroatoms. The zero-order chi connectivity index (χ0) is 20.2. The zero-order valence-electron chi connectivity index (χ0n) is 16.2. The molecule has 1 aliphatic heterocycles. The molecule has 1 atom stereocenters. The number of carbonyl (C=O) groups excluding carboxylic acids is 1. The van der Waals surface area contributed by atoms with E-state index in [1.807, 2.05) is 30.3 Å². The Hall–Kier alpha value is -3.53. The minimum absolute atomic E-state index is 0.0921. The summed E-state index contributed by atoms with van der Waals surface area (Å²) in [5.41, 5.74) is 2.80. The molecular formula is C22H19N5O2. The molecule has 0 radical (unpaired) electrons. The van der Waals surface area contributed by atoms with Gasteiger partial charge in [-0.25, -0.2) is 14.5 Å². The van der Waals surface area contributed by atoms with Crippen LogP contribution < -0.4 is 4.74 Å². The molecule has 3 aromatic rings. The van der Waals surface area contributed by atoms with Gasteiger partial charge in [-0.15, -0.1) is 5.10 Å². The molecule has 0 saturated heterocycles. The van der Waals surface area contributed by atoms with Crippen molar-refractivity contribution in [3.63, 3.8) is 0 Å². The number of Topliss-reactive ketones (excluding diaryl/α,β-unsaturated/α-hetero) is 1. The van der Waals surface area contributed by atoms with E-state index in [1.54, 1.807) is 10.8 Å². The Kier molecular flexibility index (Phi) is 3.78. The molecule has 1 aliphatic carbocycles. The molecule has 2 aliphatic rings. The van der Waals surface area contributed by atoms with Gasteiger partial charge in [0.2, 0.25) is 5.88 Å². The Bertz CT molecular complexity index is 1220. The molecule has 2 aromatic heterocycles. The number of ketones is 1. The van der Waals surface area contributed by atoms with E-state index in [-0.39, 0.29) is 23.5 Å². The summed E-state index contributed by atoms with van der Waals surface area (Å²) in [6.07, 6.45) is 2.80. The van der Waals surface area contributed by atoms with Crippen LogP contribution in [-0.4, -0.2) is 25.4 Å². The second kappa shape index (κ2) is 6.24. The Labute approximate surface area is 167 Å². The van der Waals surface area contributed by atoms with E-state index in [0.717, 1.165) is 11.1 Å². The van der Waals surface area contributed by atoms with Crippen LogP contribution in [0.1, 0.15) is 49.6 Å². The molecule has 144 valence electrons. The van der Waals surface area contributed by atoms with E-state index >= 15 is 0 Å². The molecule has 0 bridgehead atoms. The number of carbonyl (C=O) groups is 1. The van der Waals surface area contributed by atoms with Crippen LogP contribution in [-0.2, 0) is 11.2 Å². The standard InChI is InChI=1S/C22H19N5O2/c1-22(2)10-14(28)18-15(11-22)29-21-19(17(18)13-6-4-3-5-7-13)20-25-16(8-9-23)26-27(20)12-24-21/h3-7,12,17H,8,10-11H2,1-2H3. The van der Waals surface area contributed by atoms with Gasteiger partial charge < -0.3 is 4.74 Å². The number of fused-ring (bicyclic) bond motifs is 3. The van der Waals surface area contributed by atoms with Crippen molar-refractivity contribution in [2.75, 3.05) is 0 Å². The summed E-state index contributed by atoms with van der Waals surface area (Å²) in [7, 11) is 0. The van der Waals surface area contributed by atoms with Crippen LogP contribution in [0, 0.1) is 16.7 Å². The van der Waals surface area contributed by atoms with E-state index in [4.69, 9.17) is 10.00 Å². The van der Waals surface area contributed by atoms with Crippen LogP contribution in [0.15, 0.2) is 48.0 Å². The highest BCUT2D eigenvalue weighted by atomic mass is 16.5. The number of hydrogen-bond acceptors (Lipinski definition) is 6. The first-order valence-corrected chi connectivity index (χ1v) is 9.57. The highest BCUT2D eigenvalue weighted by Crippen LogP contribution is 2.50. The summed E-state index contributed by atoms with van der Waals surface area (Å²) in [6.45, 7) is 4.16. The van der Waals surface area contributed by atoms with Crippen LogP contribution in [0.4, 0.5) is 0 Å². The Morgan fingerprint density at radius 1 is 1.28 bits per heavy atom. The number of benzene rings is 1. The fourth-order valence-electron chi connectivity index (χ4n) is 4.31. The average Bonchev–Trinajstić information content (AvgIpc) is 3.09. The summed E-state index contributed by atoms with van der Waals surface area (Å²) in [6, 6.07) is 12.0. The SMILES string of the molecule is CC1(C)CC(=O)C2=C(C1)Oc1ncn3nc(CC#N)nc3c1C2c1ccccc1. The van der Waals surface area contributed by atoms with Gasteiger partial charge >= 0.3 is 0 Å². The second-order valence-electron chi connectivity index (χ2n) is 8.32. The fraction of sp³-hybridized carbons (Fsp3) is 0.318. The van der Waals surface area contributed by atoms with Crippen LogP contribution in [0.2, 0.25) is 0 Å². The van der Waals surface area contributed by atoms with Crippen molar-refractivity contribution in [1.29, 1.82) is 5.26 Å². The topological polar surface area (TPSA) is 93.2 Å². The summed E-state index contributed by atoms with van der Waals surface area (Å²) in [4.78, 5) is 22.3. The maximum absolute atomic E-state index is 13.2. The normalized spacial score (nSPS) is 20.0. The van der Waals surface area contributed by atoms with Gasteiger partial charge in [-0.2, -0.15) is 5.26 Å². The molecule has 0 spiro atoms. The Morgan fingerprint density at radius 2 is 2.07 bits per heavy atom. The molecular weight excluding hydrogens is 366 g/mol. The summed E-state index contributed by atoms with van der Waals surface area (Å²) in [5, 5.41) is 13.4. The smallest absolute Gasteiger partial charge is 0.228 e.